The molecular weight excluding hydrogens is 366 g/mol. The van der Waals surface area contributed by atoms with Crippen LogP contribution in [0.25, 0.3) is 0 Å². The van der Waals surface area contributed by atoms with Crippen molar-refractivity contribution in [1.29, 1.82) is 0 Å². The van der Waals surface area contributed by atoms with E-state index in [1.165, 1.54) is 0 Å². The van der Waals surface area contributed by atoms with E-state index >= 15 is 0 Å². The first-order valence-corrected chi connectivity index (χ1v) is 9.34. The molecule has 0 aromatic heterocycles. The number of hydrogen-bond acceptors (Lipinski definition) is 4. The number of carbonyl (C=O) groups is 1. The van der Waals surface area contributed by atoms with E-state index in [0.717, 1.165) is 16.9 Å². The van der Waals surface area contributed by atoms with Gasteiger partial charge in [0.15, 0.2) is 0 Å². The van der Waals surface area contributed by atoms with Gasteiger partial charge in [0.2, 0.25) is 0 Å². The molecular formula is C24H25NO4. The van der Waals surface area contributed by atoms with Crippen LogP contribution in [0.4, 0.5) is 0 Å². The van der Waals surface area contributed by atoms with E-state index in [0.29, 0.717) is 23.6 Å². The van der Waals surface area contributed by atoms with Gasteiger partial charge in [-0.3, -0.25) is 4.79 Å². The molecule has 3 aromatic carbocycles. The third-order valence-corrected chi connectivity index (χ3v) is 4.57. The Kier molecular flexibility index (Phi) is 6.74. The Morgan fingerprint density at radius 1 is 0.862 bits per heavy atom. The molecule has 0 heterocycles. The monoisotopic (exact) mass is 391 g/mol. The van der Waals surface area contributed by atoms with E-state index in [2.05, 4.69) is 0 Å². The zero-order chi connectivity index (χ0) is 20.6. The van der Waals surface area contributed by atoms with Crippen molar-refractivity contribution in [2.45, 2.75) is 13.2 Å². The Labute approximate surface area is 171 Å². The smallest absolute Gasteiger partial charge is 0.253 e. The van der Waals surface area contributed by atoms with Gasteiger partial charge in [0.05, 0.1) is 14.2 Å². The van der Waals surface area contributed by atoms with Crippen LogP contribution in [0.1, 0.15) is 21.5 Å². The lowest BCUT2D eigenvalue weighted by atomic mass is 10.1. The topological polar surface area (TPSA) is 48.0 Å². The van der Waals surface area contributed by atoms with Crippen molar-refractivity contribution in [3.05, 3.63) is 89.5 Å². The predicted molar refractivity (Wildman–Crippen MR) is 113 cm³/mol. The van der Waals surface area contributed by atoms with Crippen molar-refractivity contribution in [2.75, 3.05) is 21.3 Å². The van der Waals surface area contributed by atoms with Gasteiger partial charge in [-0.2, -0.15) is 0 Å². The molecule has 0 radical (unpaired) electrons. The summed E-state index contributed by atoms with van der Waals surface area (Å²) in [6.45, 7) is 0.821. The number of nitrogens with zero attached hydrogens (tertiary/aromatic N) is 1. The predicted octanol–water partition coefficient (Wildman–Crippen LogP) is 4.56. The molecule has 0 spiro atoms. The Bertz CT molecular complexity index is 956. The molecule has 1 amide bonds. The Hall–Kier alpha value is -3.47. The molecule has 0 saturated carbocycles. The molecule has 0 atom stereocenters. The lowest BCUT2D eigenvalue weighted by molar-refractivity contribution is 0.0785. The Morgan fingerprint density at radius 2 is 1.62 bits per heavy atom. The van der Waals surface area contributed by atoms with E-state index in [9.17, 15) is 4.79 Å². The molecule has 0 fully saturated rings. The fourth-order valence-corrected chi connectivity index (χ4v) is 3.03. The highest BCUT2D eigenvalue weighted by molar-refractivity contribution is 5.94. The van der Waals surface area contributed by atoms with Crippen molar-refractivity contribution in [3.8, 4) is 17.2 Å². The molecule has 0 aliphatic rings. The summed E-state index contributed by atoms with van der Waals surface area (Å²) in [6, 6.07) is 22.7. The number of methoxy groups -OCH3 is 2. The highest BCUT2D eigenvalue weighted by Gasteiger charge is 2.15. The van der Waals surface area contributed by atoms with E-state index < -0.39 is 0 Å². The number of rotatable bonds is 8. The SMILES string of the molecule is COc1cccc(OCc2cc(C(=O)N(C)Cc3ccccc3)ccc2OC)c1. The maximum Gasteiger partial charge on any atom is 0.253 e. The largest absolute Gasteiger partial charge is 0.497 e. The first-order valence-electron chi connectivity index (χ1n) is 9.34. The summed E-state index contributed by atoms with van der Waals surface area (Å²) < 4.78 is 16.5. The molecule has 150 valence electrons. The molecule has 0 aliphatic heterocycles. The molecule has 29 heavy (non-hydrogen) atoms. The van der Waals surface area contributed by atoms with Crippen molar-refractivity contribution < 1.29 is 19.0 Å². The van der Waals surface area contributed by atoms with Gasteiger partial charge in [0.1, 0.15) is 23.9 Å². The van der Waals surface area contributed by atoms with Crippen LogP contribution in [-0.4, -0.2) is 32.1 Å². The molecule has 5 heteroatoms. The van der Waals surface area contributed by atoms with Crippen LogP contribution in [0.15, 0.2) is 72.8 Å². The maximum atomic E-state index is 12.9. The molecule has 0 saturated heterocycles. The minimum atomic E-state index is -0.0564. The highest BCUT2D eigenvalue weighted by atomic mass is 16.5. The van der Waals surface area contributed by atoms with Gasteiger partial charge in [-0.25, -0.2) is 0 Å². The van der Waals surface area contributed by atoms with Crippen LogP contribution in [0.2, 0.25) is 0 Å². The zero-order valence-corrected chi connectivity index (χ0v) is 16.9. The van der Waals surface area contributed by atoms with E-state index in [1.54, 1.807) is 38.3 Å². The van der Waals surface area contributed by atoms with Gasteiger partial charge in [0.25, 0.3) is 5.91 Å². The molecule has 3 rings (SSSR count). The van der Waals surface area contributed by atoms with Crippen molar-refractivity contribution in [1.82, 2.24) is 4.90 Å². The normalized spacial score (nSPS) is 10.3. The summed E-state index contributed by atoms with van der Waals surface area (Å²) in [4.78, 5) is 14.6. The van der Waals surface area contributed by atoms with Crippen LogP contribution in [0, 0.1) is 0 Å². The second kappa shape index (κ2) is 9.64. The van der Waals surface area contributed by atoms with E-state index in [4.69, 9.17) is 14.2 Å². The van der Waals surface area contributed by atoms with Crippen molar-refractivity contribution in [2.24, 2.45) is 0 Å². The number of benzene rings is 3. The van der Waals surface area contributed by atoms with Gasteiger partial charge in [-0.05, 0) is 35.9 Å². The lowest BCUT2D eigenvalue weighted by Crippen LogP contribution is -2.26. The van der Waals surface area contributed by atoms with Gasteiger partial charge in [-0.1, -0.05) is 36.4 Å². The summed E-state index contributed by atoms with van der Waals surface area (Å²) in [5.74, 6) is 2.03. The van der Waals surface area contributed by atoms with Crippen molar-refractivity contribution >= 4 is 5.91 Å². The van der Waals surface area contributed by atoms with Gasteiger partial charge in [0, 0.05) is 30.8 Å². The fourth-order valence-electron chi connectivity index (χ4n) is 3.03. The van der Waals surface area contributed by atoms with Gasteiger partial charge in [-0.15, -0.1) is 0 Å². The van der Waals surface area contributed by atoms with Crippen LogP contribution in [0.5, 0.6) is 17.2 Å². The van der Waals surface area contributed by atoms with E-state index in [1.807, 2.05) is 60.7 Å². The number of ether oxygens (including phenoxy) is 3. The number of hydrogen-bond donors (Lipinski definition) is 0. The molecule has 0 unspecified atom stereocenters. The minimum absolute atomic E-state index is 0.0564. The average Bonchev–Trinajstić information content (AvgIpc) is 2.77. The quantitative estimate of drug-likeness (QED) is 0.565. The standard InChI is InChI=1S/C24H25NO4/c1-25(16-18-8-5-4-6-9-18)24(26)19-12-13-23(28-3)20(14-19)17-29-22-11-7-10-21(15-22)27-2/h4-15H,16-17H2,1-3H3. The number of carbonyl (C=O) groups excluding carboxylic acids is 1. The minimum Gasteiger partial charge on any atom is -0.497 e. The van der Waals surface area contributed by atoms with Gasteiger partial charge < -0.3 is 19.1 Å². The molecule has 3 aromatic rings. The van der Waals surface area contributed by atoms with Crippen LogP contribution in [0.3, 0.4) is 0 Å². The highest BCUT2D eigenvalue weighted by Crippen LogP contribution is 2.25. The number of amides is 1. The maximum absolute atomic E-state index is 12.9. The second-order valence-corrected chi connectivity index (χ2v) is 6.64. The molecule has 0 bridgehead atoms. The van der Waals surface area contributed by atoms with Gasteiger partial charge >= 0.3 is 0 Å². The summed E-state index contributed by atoms with van der Waals surface area (Å²) in [7, 11) is 5.02. The van der Waals surface area contributed by atoms with Crippen LogP contribution >= 0.6 is 0 Å². The first-order chi connectivity index (χ1) is 14.1. The summed E-state index contributed by atoms with van der Waals surface area (Å²) in [5, 5.41) is 0. The summed E-state index contributed by atoms with van der Waals surface area (Å²) in [5.41, 5.74) is 2.47. The average molecular weight is 391 g/mol. The third-order valence-electron chi connectivity index (χ3n) is 4.57. The summed E-state index contributed by atoms with van der Waals surface area (Å²) in [6.07, 6.45) is 0. The fraction of sp³-hybridized carbons (Fsp3) is 0.208. The molecule has 0 aliphatic carbocycles. The third kappa shape index (κ3) is 5.29. The zero-order valence-electron chi connectivity index (χ0n) is 16.9. The summed E-state index contributed by atoms with van der Waals surface area (Å²) >= 11 is 0. The second-order valence-electron chi connectivity index (χ2n) is 6.64. The first kappa shape index (κ1) is 20.3. The lowest BCUT2D eigenvalue weighted by Gasteiger charge is -2.18. The van der Waals surface area contributed by atoms with Crippen molar-refractivity contribution in [3.63, 3.8) is 0 Å². The van der Waals surface area contributed by atoms with Crippen LogP contribution in [-0.2, 0) is 13.2 Å². The van der Waals surface area contributed by atoms with E-state index in [-0.39, 0.29) is 12.5 Å². The Balaban J connectivity index is 1.74. The molecule has 5 nitrogen and oxygen atoms in total. The Morgan fingerprint density at radius 3 is 2.34 bits per heavy atom. The molecule has 0 N–H and O–H groups in total. The van der Waals surface area contributed by atoms with Crippen LogP contribution < -0.4 is 14.2 Å².